The van der Waals surface area contributed by atoms with Crippen LogP contribution in [-0.2, 0) is 4.79 Å². The number of nitrogens with two attached hydrogens (primary N) is 1. The highest BCUT2D eigenvalue weighted by Crippen LogP contribution is 2.11. The Labute approximate surface area is 74.7 Å². The van der Waals surface area contributed by atoms with E-state index in [0.29, 0.717) is 11.7 Å². The van der Waals surface area contributed by atoms with Crippen LogP contribution in [0.15, 0.2) is 0 Å². The summed E-state index contributed by atoms with van der Waals surface area (Å²) in [6, 6.07) is 0. The zero-order valence-electron chi connectivity index (χ0n) is 8.10. The molecule has 0 aliphatic rings. The van der Waals surface area contributed by atoms with E-state index in [1.807, 2.05) is 0 Å². The molecule has 0 bridgehead atoms. The summed E-state index contributed by atoms with van der Waals surface area (Å²) in [4.78, 5) is 10.6. The lowest BCUT2D eigenvalue weighted by Gasteiger charge is -2.08. The quantitative estimate of drug-likeness (QED) is 0.345. The van der Waals surface area contributed by atoms with E-state index < -0.39 is 0 Å². The molecule has 0 aromatic rings. The smallest absolute Gasteiger partial charge is 0.129 e. The Morgan fingerprint density at radius 2 is 2.17 bits per heavy atom. The van der Waals surface area contributed by atoms with Gasteiger partial charge in [0.05, 0.1) is 0 Å². The van der Waals surface area contributed by atoms with Crippen molar-refractivity contribution in [1.29, 1.82) is 0 Å². The van der Waals surface area contributed by atoms with E-state index in [1.54, 1.807) is 6.92 Å². The summed E-state index contributed by atoms with van der Waals surface area (Å²) in [7, 11) is 0. The third-order valence-corrected chi connectivity index (χ3v) is 2.01. The molecule has 0 aromatic heterocycles. The number of Topliss-reactive ketones (excluding diaryl/α,β-unsaturated/α-hetero) is 1. The van der Waals surface area contributed by atoms with Crippen LogP contribution in [0.5, 0.6) is 0 Å². The second-order valence-electron chi connectivity index (χ2n) is 3.44. The van der Waals surface area contributed by atoms with Crippen LogP contribution < -0.4 is 11.3 Å². The van der Waals surface area contributed by atoms with Crippen molar-refractivity contribution >= 4 is 5.78 Å². The van der Waals surface area contributed by atoms with E-state index in [9.17, 15) is 4.79 Å². The Kier molecular flexibility index (Phi) is 7.00. The fraction of sp³-hybridized carbons (Fsp3) is 0.889. The first-order chi connectivity index (χ1) is 5.66. The second-order valence-corrected chi connectivity index (χ2v) is 3.44. The first-order valence-electron chi connectivity index (χ1n) is 4.59. The Morgan fingerprint density at radius 1 is 1.50 bits per heavy atom. The monoisotopic (exact) mass is 172 g/mol. The van der Waals surface area contributed by atoms with Crippen molar-refractivity contribution < 1.29 is 4.79 Å². The predicted octanol–water partition coefficient (Wildman–Crippen LogP) is 1.24. The summed E-state index contributed by atoms with van der Waals surface area (Å²) in [5, 5.41) is 0. The number of carbonyl (C=O) groups is 1. The van der Waals surface area contributed by atoms with Gasteiger partial charge in [-0.1, -0.05) is 6.92 Å². The lowest BCUT2D eigenvalue weighted by molar-refractivity contribution is -0.117. The SMILES string of the molecule is CC(=O)CC[C@H](C)CCCNN. The maximum Gasteiger partial charge on any atom is 0.129 e. The number of hydrazine groups is 1. The molecule has 72 valence electrons. The van der Waals surface area contributed by atoms with Crippen molar-refractivity contribution in [1.82, 2.24) is 5.43 Å². The standard InChI is InChI=1S/C9H20N2O/c1-8(4-3-7-11-10)5-6-9(2)12/h8,11H,3-7,10H2,1-2H3/t8-/m1/s1. The Bertz CT molecular complexity index is 126. The predicted molar refractivity (Wildman–Crippen MR) is 50.5 cm³/mol. The van der Waals surface area contributed by atoms with E-state index >= 15 is 0 Å². The van der Waals surface area contributed by atoms with Crippen LogP contribution in [0, 0.1) is 5.92 Å². The average Bonchev–Trinajstić information content (AvgIpc) is 2.01. The second kappa shape index (κ2) is 7.25. The largest absolute Gasteiger partial charge is 0.300 e. The van der Waals surface area contributed by atoms with Gasteiger partial charge in [0.2, 0.25) is 0 Å². The Morgan fingerprint density at radius 3 is 2.67 bits per heavy atom. The van der Waals surface area contributed by atoms with Crippen LogP contribution in [0.25, 0.3) is 0 Å². The van der Waals surface area contributed by atoms with Crippen LogP contribution in [0.1, 0.15) is 39.5 Å². The summed E-state index contributed by atoms with van der Waals surface area (Å²) in [6.45, 7) is 4.69. The maximum atomic E-state index is 10.6. The van der Waals surface area contributed by atoms with Crippen molar-refractivity contribution in [2.24, 2.45) is 11.8 Å². The average molecular weight is 172 g/mol. The van der Waals surface area contributed by atoms with Crippen molar-refractivity contribution in [3.63, 3.8) is 0 Å². The van der Waals surface area contributed by atoms with E-state index in [0.717, 1.165) is 32.2 Å². The van der Waals surface area contributed by atoms with Gasteiger partial charge in [-0.05, 0) is 32.1 Å². The van der Waals surface area contributed by atoms with E-state index in [1.165, 1.54) is 0 Å². The number of ketones is 1. The van der Waals surface area contributed by atoms with Crippen LogP contribution in [-0.4, -0.2) is 12.3 Å². The Balaban J connectivity index is 3.21. The lowest BCUT2D eigenvalue weighted by Crippen LogP contribution is -2.23. The molecule has 0 fully saturated rings. The summed E-state index contributed by atoms with van der Waals surface area (Å²) >= 11 is 0. The first-order valence-corrected chi connectivity index (χ1v) is 4.59. The molecule has 0 spiro atoms. The van der Waals surface area contributed by atoms with Crippen LogP contribution in [0.4, 0.5) is 0 Å². The summed E-state index contributed by atoms with van der Waals surface area (Å²) in [6.07, 6.45) is 3.98. The van der Waals surface area contributed by atoms with Crippen LogP contribution >= 0.6 is 0 Å². The normalized spacial score (nSPS) is 12.9. The first kappa shape index (κ1) is 11.6. The fourth-order valence-electron chi connectivity index (χ4n) is 1.15. The number of rotatable bonds is 7. The van der Waals surface area contributed by atoms with Gasteiger partial charge in [0.1, 0.15) is 5.78 Å². The van der Waals surface area contributed by atoms with E-state index in [-0.39, 0.29) is 0 Å². The van der Waals surface area contributed by atoms with Gasteiger partial charge in [0.25, 0.3) is 0 Å². The molecule has 0 rings (SSSR count). The third-order valence-electron chi connectivity index (χ3n) is 2.01. The Hall–Kier alpha value is -0.410. The zero-order valence-corrected chi connectivity index (χ0v) is 8.10. The van der Waals surface area contributed by atoms with Crippen LogP contribution in [0.3, 0.4) is 0 Å². The van der Waals surface area contributed by atoms with Crippen LogP contribution in [0.2, 0.25) is 0 Å². The van der Waals surface area contributed by atoms with Gasteiger partial charge >= 0.3 is 0 Å². The number of hydrogen-bond acceptors (Lipinski definition) is 3. The molecular formula is C9H20N2O. The molecule has 0 aliphatic carbocycles. The molecule has 0 aromatic carbocycles. The van der Waals surface area contributed by atoms with E-state index in [4.69, 9.17) is 5.84 Å². The third kappa shape index (κ3) is 7.69. The minimum atomic E-state index is 0.291. The molecule has 0 amide bonds. The summed E-state index contributed by atoms with van der Waals surface area (Å²) in [5.41, 5.74) is 2.62. The maximum absolute atomic E-state index is 10.6. The number of hydrogen-bond donors (Lipinski definition) is 2. The van der Waals surface area contributed by atoms with Crippen molar-refractivity contribution in [3.8, 4) is 0 Å². The van der Waals surface area contributed by atoms with Crippen molar-refractivity contribution in [3.05, 3.63) is 0 Å². The molecule has 0 saturated carbocycles. The zero-order chi connectivity index (χ0) is 9.40. The van der Waals surface area contributed by atoms with Gasteiger partial charge in [-0.2, -0.15) is 0 Å². The molecule has 12 heavy (non-hydrogen) atoms. The lowest BCUT2D eigenvalue weighted by atomic mass is 9.99. The molecule has 0 saturated heterocycles. The molecule has 1 atom stereocenters. The molecule has 0 radical (unpaired) electrons. The fourth-order valence-corrected chi connectivity index (χ4v) is 1.15. The minimum absolute atomic E-state index is 0.291. The number of nitrogens with one attached hydrogen (secondary N) is 1. The molecule has 3 nitrogen and oxygen atoms in total. The molecule has 0 unspecified atom stereocenters. The summed E-state index contributed by atoms with van der Waals surface area (Å²) in [5.74, 6) is 6.06. The van der Waals surface area contributed by atoms with Gasteiger partial charge in [-0.3, -0.25) is 11.3 Å². The van der Waals surface area contributed by atoms with Gasteiger partial charge in [-0.25, -0.2) is 0 Å². The highest BCUT2D eigenvalue weighted by Gasteiger charge is 2.02. The topological polar surface area (TPSA) is 55.1 Å². The molecule has 0 aliphatic heterocycles. The highest BCUT2D eigenvalue weighted by molar-refractivity contribution is 5.75. The summed E-state index contributed by atoms with van der Waals surface area (Å²) < 4.78 is 0. The highest BCUT2D eigenvalue weighted by atomic mass is 16.1. The molecule has 3 heteroatoms. The molecule has 3 N–H and O–H groups in total. The van der Waals surface area contributed by atoms with Gasteiger partial charge in [-0.15, -0.1) is 0 Å². The van der Waals surface area contributed by atoms with E-state index in [2.05, 4.69) is 12.3 Å². The van der Waals surface area contributed by atoms with Gasteiger partial charge in [0, 0.05) is 13.0 Å². The van der Waals surface area contributed by atoms with Gasteiger partial charge in [0.15, 0.2) is 0 Å². The van der Waals surface area contributed by atoms with Gasteiger partial charge < -0.3 is 4.79 Å². The molecular weight excluding hydrogens is 152 g/mol. The molecule has 0 heterocycles. The number of carbonyl (C=O) groups excluding carboxylic acids is 1. The minimum Gasteiger partial charge on any atom is -0.300 e. The van der Waals surface area contributed by atoms with Crippen molar-refractivity contribution in [2.45, 2.75) is 39.5 Å². The van der Waals surface area contributed by atoms with Crippen molar-refractivity contribution in [2.75, 3.05) is 6.54 Å².